The monoisotopic (exact) mass is 349 g/mol. The second kappa shape index (κ2) is 6.58. The zero-order valence-electron chi connectivity index (χ0n) is 15.2. The Labute approximate surface area is 155 Å². The molecule has 5 rings (SSSR count). The van der Waals surface area contributed by atoms with Gasteiger partial charge in [0.2, 0.25) is 0 Å². The predicted octanol–water partition coefficient (Wildman–Crippen LogP) is 4.09. The number of ether oxygens (including phenoxy) is 1. The number of fused-ring (bicyclic) bond motifs is 1. The Morgan fingerprint density at radius 1 is 1.04 bits per heavy atom. The van der Waals surface area contributed by atoms with Crippen LogP contribution >= 0.6 is 0 Å². The van der Waals surface area contributed by atoms with E-state index in [-0.39, 0.29) is 5.60 Å². The number of benzene rings is 1. The standard InChI is InChI=1S/C22H27N3O/c1-2-7-20-18(6-1)19(16-22(26-20)11-5-12-22)24-17-9-14-25(15-10-17)21-8-3-4-13-23-21/h1-4,6-8,13,17,19,24H,5,9-12,14-16H2/t19-/m0/s1. The second-order valence-electron chi connectivity index (χ2n) is 8.05. The molecule has 2 fully saturated rings. The molecule has 0 unspecified atom stereocenters. The Morgan fingerprint density at radius 3 is 2.58 bits per heavy atom. The first-order chi connectivity index (χ1) is 12.8. The fraction of sp³-hybridized carbons (Fsp3) is 0.500. The van der Waals surface area contributed by atoms with Gasteiger partial charge in [-0.15, -0.1) is 0 Å². The van der Waals surface area contributed by atoms with Crippen molar-refractivity contribution in [2.45, 2.75) is 56.2 Å². The molecule has 1 N–H and O–H groups in total. The van der Waals surface area contributed by atoms with Crippen LogP contribution in [0, 0.1) is 0 Å². The van der Waals surface area contributed by atoms with E-state index in [1.807, 2.05) is 12.3 Å². The van der Waals surface area contributed by atoms with E-state index in [1.165, 1.54) is 37.7 Å². The van der Waals surface area contributed by atoms with Crippen LogP contribution in [0.4, 0.5) is 5.82 Å². The summed E-state index contributed by atoms with van der Waals surface area (Å²) < 4.78 is 6.39. The molecule has 1 saturated heterocycles. The van der Waals surface area contributed by atoms with Crippen LogP contribution in [0.5, 0.6) is 5.75 Å². The molecule has 26 heavy (non-hydrogen) atoms. The summed E-state index contributed by atoms with van der Waals surface area (Å²) in [5.41, 5.74) is 1.44. The summed E-state index contributed by atoms with van der Waals surface area (Å²) in [4.78, 5) is 6.91. The fourth-order valence-electron chi connectivity index (χ4n) is 4.74. The van der Waals surface area contributed by atoms with E-state index in [2.05, 4.69) is 51.6 Å². The number of para-hydroxylation sites is 1. The van der Waals surface area contributed by atoms with Crippen LogP contribution < -0.4 is 15.0 Å². The number of nitrogens with one attached hydrogen (secondary N) is 1. The lowest BCUT2D eigenvalue weighted by Gasteiger charge is -2.49. The maximum atomic E-state index is 6.39. The Bertz CT molecular complexity index is 751. The number of nitrogens with zero attached hydrogens (tertiary/aromatic N) is 2. The maximum Gasteiger partial charge on any atom is 0.128 e. The molecule has 4 heteroatoms. The summed E-state index contributed by atoms with van der Waals surface area (Å²) in [5, 5.41) is 3.98. The minimum Gasteiger partial charge on any atom is -0.487 e. The molecule has 2 aliphatic heterocycles. The van der Waals surface area contributed by atoms with Crippen molar-refractivity contribution in [3.8, 4) is 5.75 Å². The molecule has 3 aliphatic rings. The van der Waals surface area contributed by atoms with Crippen molar-refractivity contribution in [3.05, 3.63) is 54.2 Å². The van der Waals surface area contributed by atoms with Gasteiger partial charge in [0.25, 0.3) is 0 Å². The van der Waals surface area contributed by atoms with Crippen LogP contribution in [0.15, 0.2) is 48.7 Å². The van der Waals surface area contributed by atoms with Crippen LogP contribution in [-0.2, 0) is 0 Å². The summed E-state index contributed by atoms with van der Waals surface area (Å²) in [6.07, 6.45) is 9.06. The van der Waals surface area contributed by atoms with Crippen molar-refractivity contribution < 1.29 is 4.74 Å². The molecule has 2 aromatic rings. The zero-order chi connectivity index (χ0) is 17.4. The third kappa shape index (κ3) is 2.96. The highest BCUT2D eigenvalue weighted by Gasteiger charge is 2.45. The van der Waals surface area contributed by atoms with Gasteiger partial charge in [0.05, 0.1) is 0 Å². The van der Waals surface area contributed by atoms with Gasteiger partial charge in [-0.3, -0.25) is 0 Å². The smallest absolute Gasteiger partial charge is 0.128 e. The van der Waals surface area contributed by atoms with E-state index in [4.69, 9.17) is 4.74 Å². The van der Waals surface area contributed by atoms with E-state index in [0.717, 1.165) is 31.1 Å². The number of aromatic nitrogens is 1. The van der Waals surface area contributed by atoms with Crippen LogP contribution in [0.3, 0.4) is 0 Å². The van der Waals surface area contributed by atoms with E-state index in [1.54, 1.807) is 0 Å². The third-order valence-electron chi connectivity index (χ3n) is 6.37. The van der Waals surface area contributed by atoms with E-state index >= 15 is 0 Å². The minimum absolute atomic E-state index is 0.0979. The quantitative estimate of drug-likeness (QED) is 0.906. The average Bonchev–Trinajstić information content (AvgIpc) is 2.68. The number of piperidine rings is 1. The molecule has 4 nitrogen and oxygen atoms in total. The van der Waals surface area contributed by atoms with Crippen LogP contribution in [0.1, 0.15) is 50.1 Å². The highest BCUT2D eigenvalue weighted by atomic mass is 16.5. The van der Waals surface area contributed by atoms with Gasteiger partial charge >= 0.3 is 0 Å². The minimum atomic E-state index is 0.0979. The van der Waals surface area contributed by atoms with Gasteiger partial charge in [-0.1, -0.05) is 24.3 Å². The summed E-state index contributed by atoms with van der Waals surface area (Å²) in [6, 6.07) is 15.8. The predicted molar refractivity (Wildman–Crippen MR) is 104 cm³/mol. The zero-order valence-corrected chi connectivity index (χ0v) is 15.2. The van der Waals surface area contributed by atoms with Crippen molar-refractivity contribution in [1.82, 2.24) is 10.3 Å². The topological polar surface area (TPSA) is 37.4 Å². The molecule has 1 spiro atoms. The maximum absolute atomic E-state index is 6.39. The molecule has 1 saturated carbocycles. The van der Waals surface area contributed by atoms with Gasteiger partial charge in [-0.05, 0) is 50.3 Å². The first-order valence-corrected chi connectivity index (χ1v) is 10.0. The Hall–Kier alpha value is -2.07. The molecule has 1 aromatic heterocycles. The van der Waals surface area contributed by atoms with Gasteiger partial charge in [-0.25, -0.2) is 4.98 Å². The van der Waals surface area contributed by atoms with Crippen LogP contribution in [0.25, 0.3) is 0 Å². The first kappa shape index (κ1) is 16.1. The Morgan fingerprint density at radius 2 is 1.85 bits per heavy atom. The van der Waals surface area contributed by atoms with Gasteiger partial charge in [-0.2, -0.15) is 0 Å². The van der Waals surface area contributed by atoms with Crippen LogP contribution in [-0.4, -0.2) is 29.7 Å². The molecule has 1 aromatic carbocycles. The van der Waals surface area contributed by atoms with E-state index in [9.17, 15) is 0 Å². The average molecular weight is 349 g/mol. The molecule has 1 aliphatic carbocycles. The molecule has 3 heterocycles. The number of pyridine rings is 1. The number of hydrogen-bond donors (Lipinski definition) is 1. The number of hydrogen-bond acceptors (Lipinski definition) is 4. The van der Waals surface area contributed by atoms with Gasteiger partial charge < -0.3 is 15.0 Å². The van der Waals surface area contributed by atoms with Crippen molar-refractivity contribution in [2.24, 2.45) is 0 Å². The fourth-order valence-corrected chi connectivity index (χ4v) is 4.74. The van der Waals surface area contributed by atoms with Gasteiger partial charge in [0.15, 0.2) is 0 Å². The van der Waals surface area contributed by atoms with Crippen molar-refractivity contribution in [1.29, 1.82) is 0 Å². The molecule has 0 bridgehead atoms. The van der Waals surface area contributed by atoms with Crippen LogP contribution in [0.2, 0.25) is 0 Å². The SMILES string of the molecule is c1ccc(N2CCC(N[C@H]3CC4(CCC4)Oc4ccccc43)CC2)nc1. The molecule has 0 radical (unpaired) electrons. The molecule has 136 valence electrons. The van der Waals surface area contributed by atoms with Crippen molar-refractivity contribution in [2.75, 3.05) is 18.0 Å². The third-order valence-corrected chi connectivity index (χ3v) is 6.37. The summed E-state index contributed by atoms with van der Waals surface area (Å²) >= 11 is 0. The molecule has 1 atom stereocenters. The highest BCUT2D eigenvalue weighted by Crippen LogP contribution is 2.49. The second-order valence-corrected chi connectivity index (χ2v) is 8.05. The normalized spacial score (nSPS) is 24.6. The summed E-state index contributed by atoms with van der Waals surface area (Å²) in [5.74, 6) is 2.21. The number of anilines is 1. The highest BCUT2D eigenvalue weighted by molar-refractivity contribution is 5.40. The molecule has 0 amide bonds. The summed E-state index contributed by atoms with van der Waals surface area (Å²) in [6.45, 7) is 2.15. The summed E-state index contributed by atoms with van der Waals surface area (Å²) in [7, 11) is 0. The first-order valence-electron chi connectivity index (χ1n) is 10.0. The molecular weight excluding hydrogens is 322 g/mol. The van der Waals surface area contributed by atoms with Crippen molar-refractivity contribution in [3.63, 3.8) is 0 Å². The van der Waals surface area contributed by atoms with Gasteiger partial charge in [0, 0.05) is 43.4 Å². The van der Waals surface area contributed by atoms with E-state index in [0.29, 0.717) is 12.1 Å². The van der Waals surface area contributed by atoms with Gasteiger partial charge in [0.1, 0.15) is 17.2 Å². The molecular formula is C22H27N3O. The Balaban J connectivity index is 1.27. The van der Waals surface area contributed by atoms with E-state index < -0.39 is 0 Å². The lowest BCUT2D eigenvalue weighted by molar-refractivity contribution is -0.0383. The number of rotatable bonds is 3. The Kier molecular flexibility index (Phi) is 4.08. The lowest BCUT2D eigenvalue weighted by atomic mass is 9.72. The largest absolute Gasteiger partial charge is 0.487 e. The van der Waals surface area contributed by atoms with Crippen molar-refractivity contribution >= 4 is 5.82 Å². The lowest BCUT2D eigenvalue weighted by Crippen LogP contribution is -2.51.